The molecule has 8 heteroatoms. The molecule has 1 aliphatic rings. The van der Waals surface area contributed by atoms with Crippen molar-refractivity contribution in [2.45, 2.75) is 12.6 Å². The Kier molecular flexibility index (Phi) is 6.53. The SMILES string of the molecule is COC(=O)c1ccc(CN2CCN(c3c(F)cccc3[C@H](O)c3nccn3C)CC2)cc1. The summed E-state index contributed by atoms with van der Waals surface area (Å²) in [4.78, 5) is 20.1. The van der Waals surface area contributed by atoms with Crippen LogP contribution >= 0.6 is 0 Å². The average Bonchev–Trinajstić information content (AvgIpc) is 3.25. The highest BCUT2D eigenvalue weighted by Gasteiger charge is 2.26. The first-order valence-electron chi connectivity index (χ1n) is 10.6. The summed E-state index contributed by atoms with van der Waals surface area (Å²) in [5.74, 6) is -0.216. The zero-order valence-corrected chi connectivity index (χ0v) is 18.2. The van der Waals surface area contributed by atoms with E-state index in [0.29, 0.717) is 35.7 Å². The van der Waals surface area contributed by atoms with Crippen LogP contribution in [0.4, 0.5) is 10.1 Å². The number of methoxy groups -OCH3 is 1. The summed E-state index contributed by atoms with van der Waals surface area (Å²) >= 11 is 0. The van der Waals surface area contributed by atoms with Crippen molar-refractivity contribution in [1.82, 2.24) is 14.5 Å². The lowest BCUT2D eigenvalue weighted by Gasteiger charge is -2.37. The third-order valence-corrected chi connectivity index (χ3v) is 5.89. The minimum atomic E-state index is -1.01. The van der Waals surface area contributed by atoms with Gasteiger partial charge in [-0.25, -0.2) is 14.2 Å². The fraction of sp³-hybridized carbons (Fsp3) is 0.333. The molecule has 4 rings (SSSR count). The van der Waals surface area contributed by atoms with Crippen LogP contribution in [-0.4, -0.2) is 58.8 Å². The molecule has 0 aliphatic carbocycles. The van der Waals surface area contributed by atoms with Crippen LogP contribution in [0, 0.1) is 5.82 Å². The summed E-state index contributed by atoms with van der Waals surface area (Å²) in [6, 6.07) is 12.2. The monoisotopic (exact) mass is 438 g/mol. The molecule has 1 fully saturated rings. The molecule has 3 aromatic rings. The van der Waals surface area contributed by atoms with Crippen molar-refractivity contribution in [1.29, 1.82) is 0 Å². The largest absolute Gasteiger partial charge is 0.465 e. The number of carbonyl (C=O) groups is 1. The second-order valence-corrected chi connectivity index (χ2v) is 7.93. The van der Waals surface area contributed by atoms with Gasteiger partial charge in [-0.15, -0.1) is 0 Å². The first-order chi connectivity index (χ1) is 15.5. The van der Waals surface area contributed by atoms with Gasteiger partial charge in [-0.2, -0.15) is 0 Å². The summed E-state index contributed by atoms with van der Waals surface area (Å²) in [7, 11) is 3.17. The molecule has 1 aliphatic heterocycles. The Hall–Kier alpha value is -3.23. The summed E-state index contributed by atoms with van der Waals surface area (Å²) in [6.07, 6.45) is 2.37. The van der Waals surface area contributed by atoms with Crippen LogP contribution < -0.4 is 4.90 Å². The molecule has 1 saturated heterocycles. The molecule has 1 N–H and O–H groups in total. The average molecular weight is 439 g/mol. The molecule has 1 aromatic heterocycles. The van der Waals surface area contributed by atoms with Gasteiger partial charge < -0.3 is 19.3 Å². The number of hydrogen-bond acceptors (Lipinski definition) is 6. The lowest BCUT2D eigenvalue weighted by Crippen LogP contribution is -2.46. The number of ether oxygens (including phenoxy) is 1. The van der Waals surface area contributed by atoms with Crippen LogP contribution in [0.2, 0.25) is 0 Å². The van der Waals surface area contributed by atoms with Crippen LogP contribution in [-0.2, 0) is 18.3 Å². The number of carbonyl (C=O) groups excluding carboxylic acids is 1. The number of para-hydroxylation sites is 1. The lowest BCUT2D eigenvalue weighted by atomic mass is 10.0. The molecule has 168 valence electrons. The Morgan fingerprint density at radius 2 is 1.88 bits per heavy atom. The number of rotatable bonds is 6. The van der Waals surface area contributed by atoms with Crippen molar-refractivity contribution in [3.8, 4) is 0 Å². The maximum absolute atomic E-state index is 14.9. The summed E-state index contributed by atoms with van der Waals surface area (Å²) in [6.45, 7) is 3.54. The van der Waals surface area contributed by atoms with Gasteiger partial charge in [0.25, 0.3) is 0 Å². The van der Waals surface area contributed by atoms with Crippen molar-refractivity contribution in [3.63, 3.8) is 0 Å². The van der Waals surface area contributed by atoms with E-state index in [1.165, 1.54) is 13.2 Å². The van der Waals surface area contributed by atoms with E-state index in [4.69, 9.17) is 4.74 Å². The molecule has 7 nitrogen and oxygen atoms in total. The molecular weight excluding hydrogens is 411 g/mol. The molecule has 2 aromatic carbocycles. The molecule has 0 bridgehead atoms. The van der Waals surface area contributed by atoms with Crippen LogP contribution in [0.3, 0.4) is 0 Å². The van der Waals surface area contributed by atoms with Gasteiger partial charge in [0.2, 0.25) is 0 Å². The Morgan fingerprint density at radius 3 is 2.50 bits per heavy atom. The van der Waals surface area contributed by atoms with E-state index in [2.05, 4.69) is 9.88 Å². The number of aliphatic hydroxyl groups excluding tert-OH is 1. The maximum atomic E-state index is 14.9. The Bertz CT molecular complexity index is 1080. The first-order valence-corrected chi connectivity index (χ1v) is 10.6. The maximum Gasteiger partial charge on any atom is 0.337 e. The minimum Gasteiger partial charge on any atom is -0.465 e. The molecule has 0 radical (unpaired) electrons. The first kappa shape index (κ1) is 22.0. The predicted molar refractivity (Wildman–Crippen MR) is 119 cm³/mol. The molecule has 0 unspecified atom stereocenters. The number of halogens is 1. The highest BCUT2D eigenvalue weighted by Crippen LogP contribution is 2.33. The van der Waals surface area contributed by atoms with E-state index in [9.17, 15) is 14.3 Å². The number of aryl methyl sites for hydroxylation is 1. The Morgan fingerprint density at radius 1 is 1.16 bits per heavy atom. The van der Waals surface area contributed by atoms with E-state index < -0.39 is 6.10 Å². The van der Waals surface area contributed by atoms with Gasteiger partial charge in [0.15, 0.2) is 0 Å². The summed E-state index contributed by atoms with van der Waals surface area (Å²) in [5, 5.41) is 10.9. The van der Waals surface area contributed by atoms with E-state index >= 15 is 0 Å². The number of nitrogens with zero attached hydrogens (tertiary/aromatic N) is 4. The number of benzene rings is 2. The van der Waals surface area contributed by atoms with E-state index in [1.807, 2.05) is 17.0 Å². The lowest BCUT2D eigenvalue weighted by molar-refractivity contribution is 0.0600. The van der Waals surface area contributed by atoms with Crippen molar-refractivity contribution in [2.24, 2.45) is 7.05 Å². The molecule has 32 heavy (non-hydrogen) atoms. The van der Waals surface area contributed by atoms with Crippen LogP contribution in [0.15, 0.2) is 54.9 Å². The van der Waals surface area contributed by atoms with Gasteiger partial charge in [0, 0.05) is 57.7 Å². The molecule has 1 atom stereocenters. The quantitative estimate of drug-likeness (QED) is 0.597. The molecular formula is C24H27FN4O3. The van der Waals surface area contributed by atoms with Crippen LogP contribution in [0.25, 0.3) is 0 Å². The van der Waals surface area contributed by atoms with Gasteiger partial charge in [-0.1, -0.05) is 24.3 Å². The van der Waals surface area contributed by atoms with Crippen molar-refractivity contribution >= 4 is 11.7 Å². The molecule has 0 amide bonds. The van der Waals surface area contributed by atoms with E-state index in [1.54, 1.807) is 48.3 Å². The Labute approximate surface area is 186 Å². The van der Waals surface area contributed by atoms with Crippen LogP contribution in [0.1, 0.15) is 33.4 Å². The third kappa shape index (κ3) is 4.51. The number of piperazine rings is 1. The zero-order chi connectivity index (χ0) is 22.7. The fourth-order valence-electron chi connectivity index (χ4n) is 4.12. The zero-order valence-electron chi connectivity index (χ0n) is 18.2. The summed E-state index contributed by atoms with van der Waals surface area (Å²) < 4.78 is 21.4. The van der Waals surface area contributed by atoms with Crippen molar-refractivity contribution in [2.75, 3.05) is 38.2 Å². The summed E-state index contributed by atoms with van der Waals surface area (Å²) in [5.41, 5.74) is 2.58. The number of esters is 1. The Balaban J connectivity index is 1.44. The van der Waals surface area contributed by atoms with E-state index in [0.717, 1.165) is 25.2 Å². The van der Waals surface area contributed by atoms with Crippen LogP contribution in [0.5, 0.6) is 0 Å². The van der Waals surface area contributed by atoms with Crippen molar-refractivity contribution in [3.05, 3.63) is 83.2 Å². The highest BCUT2D eigenvalue weighted by molar-refractivity contribution is 5.89. The third-order valence-electron chi connectivity index (χ3n) is 5.89. The smallest absolute Gasteiger partial charge is 0.337 e. The molecule has 0 spiro atoms. The van der Waals surface area contributed by atoms with Gasteiger partial charge in [0.05, 0.1) is 18.4 Å². The molecule has 0 saturated carbocycles. The second-order valence-electron chi connectivity index (χ2n) is 7.93. The normalized spacial score (nSPS) is 15.6. The number of anilines is 1. The topological polar surface area (TPSA) is 70.8 Å². The fourth-order valence-corrected chi connectivity index (χ4v) is 4.12. The van der Waals surface area contributed by atoms with Gasteiger partial charge >= 0.3 is 5.97 Å². The molecule has 2 heterocycles. The highest BCUT2D eigenvalue weighted by atomic mass is 19.1. The standard InChI is InChI=1S/C24H27FN4O3/c1-27-11-10-26-23(27)22(30)19-4-3-5-20(25)21(19)29-14-12-28(13-15-29)16-17-6-8-18(9-7-17)24(31)32-2/h3-11,22,30H,12-16H2,1-2H3/t22-/m0/s1. The van der Waals surface area contributed by atoms with Gasteiger partial charge in [0.1, 0.15) is 17.7 Å². The number of hydrogen-bond donors (Lipinski definition) is 1. The van der Waals surface area contributed by atoms with E-state index in [-0.39, 0.29) is 11.8 Å². The van der Waals surface area contributed by atoms with Crippen molar-refractivity contribution < 1.29 is 19.0 Å². The second kappa shape index (κ2) is 9.50. The minimum absolute atomic E-state index is 0.345. The number of aliphatic hydroxyl groups is 1. The number of aromatic nitrogens is 2. The predicted octanol–water partition coefficient (Wildman–Crippen LogP) is 2.75. The van der Waals surface area contributed by atoms with Gasteiger partial charge in [-0.3, -0.25) is 4.90 Å². The van der Waals surface area contributed by atoms with Gasteiger partial charge in [-0.05, 0) is 23.8 Å². The number of imidazole rings is 1.